The van der Waals surface area contributed by atoms with Crippen LogP contribution in [0.2, 0.25) is 18.1 Å². The molecular weight excluding hydrogens is 296 g/mol. The van der Waals surface area contributed by atoms with Crippen molar-refractivity contribution in [2.75, 3.05) is 13.2 Å². The largest absolute Gasteiger partial charge is 0.414 e. The molecule has 1 aliphatic rings. The number of rotatable bonds is 4. The summed E-state index contributed by atoms with van der Waals surface area (Å²) in [6.07, 6.45) is -1.43. The third kappa shape index (κ3) is 4.17. The Morgan fingerprint density at radius 1 is 1.23 bits per heavy atom. The van der Waals surface area contributed by atoms with E-state index in [4.69, 9.17) is 13.9 Å². The SMILES string of the molecule is CC(C)(C)[Si](C)(C)OCC1OC(c2ccccc2)OCC1O. The van der Waals surface area contributed by atoms with Crippen LogP contribution in [0.3, 0.4) is 0 Å². The maximum atomic E-state index is 10.1. The Hall–Kier alpha value is -0.723. The van der Waals surface area contributed by atoms with Gasteiger partial charge in [-0.05, 0) is 18.1 Å². The first-order valence-corrected chi connectivity index (χ1v) is 10.8. The predicted molar refractivity (Wildman–Crippen MR) is 89.2 cm³/mol. The van der Waals surface area contributed by atoms with Crippen molar-refractivity contribution in [3.8, 4) is 0 Å². The summed E-state index contributed by atoms with van der Waals surface area (Å²) in [5.41, 5.74) is 0.965. The van der Waals surface area contributed by atoms with E-state index in [1.165, 1.54) is 0 Å². The number of ether oxygens (including phenoxy) is 2. The quantitative estimate of drug-likeness (QED) is 0.861. The molecule has 3 unspecified atom stereocenters. The first kappa shape index (κ1) is 17.6. The average Bonchev–Trinajstić information content (AvgIpc) is 2.46. The highest BCUT2D eigenvalue weighted by molar-refractivity contribution is 6.74. The Kier molecular flexibility index (Phi) is 5.45. The molecule has 0 aliphatic carbocycles. The van der Waals surface area contributed by atoms with E-state index in [0.29, 0.717) is 6.61 Å². The van der Waals surface area contributed by atoms with Crippen LogP contribution in [-0.2, 0) is 13.9 Å². The molecule has 1 fully saturated rings. The summed E-state index contributed by atoms with van der Waals surface area (Å²) in [5.74, 6) is 0. The molecule has 0 saturated carbocycles. The zero-order valence-electron chi connectivity index (χ0n) is 14.2. The Morgan fingerprint density at radius 2 is 1.86 bits per heavy atom. The average molecular weight is 324 g/mol. The fourth-order valence-electron chi connectivity index (χ4n) is 2.02. The van der Waals surface area contributed by atoms with Gasteiger partial charge < -0.3 is 19.0 Å². The number of benzene rings is 1. The molecule has 0 radical (unpaired) electrons. The molecule has 124 valence electrons. The van der Waals surface area contributed by atoms with Gasteiger partial charge in [0.2, 0.25) is 0 Å². The standard InChI is InChI=1S/C17H28O4Si/c1-17(2,3)22(4,5)20-12-15-14(18)11-19-16(21-15)13-9-7-6-8-10-13/h6-10,14-16,18H,11-12H2,1-5H3. The van der Waals surface area contributed by atoms with Crippen molar-refractivity contribution >= 4 is 8.32 Å². The van der Waals surface area contributed by atoms with E-state index in [2.05, 4.69) is 33.9 Å². The van der Waals surface area contributed by atoms with E-state index in [9.17, 15) is 5.11 Å². The topological polar surface area (TPSA) is 47.9 Å². The molecule has 5 heteroatoms. The van der Waals surface area contributed by atoms with Crippen molar-refractivity contribution in [3.05, 3.63) is 35.9 Å². The van der Waals surface area contributed by atoms with Crippen LogP contribution in [0, 0.1) is 0 Å². The van der Waals surface area contributed by atoms with Gasteiger partial charge in [0.05, 0.1) is 13.2 Å². The molecule has 0 aromatic heterocycles. The minimum atomic E-state index is -1.85. The van der Waals surface area contributed by atoms with Crippen molar-refractivity contribution in [3.63, 3.8) is 0 Å². The van der Waals surface area contributed by atoms with Gasteiger partial charge in [-0.3, -0.25) is 0 Å². The molecule has 3 atom stereocenters. The summed E-state index contributed by atoms with van der Waals surface area (Å²) >= 11 is 0. The molecule has 1 aromatic rings. The van der Waals surface area contributed by atoms with Crippen LogP contribution < -0.4 is 0 Å². The minimum Gasteiger partial charge on any atom is -0.414 e. The second-order valence-electron chi connectivity index (χ2n) is 7.39. The normalized spacial score (nSPS) is 26.9. The zero-order valence-corrected chi connectivity index (χ0v) is 15.2. The van der Waals surface area contributed by atoms with Crippen LogP contribution in [0.1, 0.15) is 32.6 Å². The van der Waals surface area contributed by atoms with Crippen molar-refractivity contribution in [1.29, 1.82) is 0 Å². The molecule has 0 amide bonds. The van der Waals surface area contributed by atoms with Gasteiger partial charge >= 0.3 is 0 Å². The van der Waals surface area contributed by atoms with Crippen molar-refractivity contribution in [1.82, 2.24) is 0 Å². The van der Waals surface area contributed by atoms with Crippen LogP contribution >= 0.6 is 0 Å². The fraction of sp³-hybridized carbons (Fsp3) is 0.647. The second kappa shape index (κ2) is 6.80. The van der Waals surface area contributed by atoms with Crippen molar-refractivity contribution in [2.45, 2.75) is 57.4 Å². The van der Waals surface area contributed by atoms with E-state index in [0.717, 1.165) is 5.56 Å². The van der Waals surface area contributed by atoms with Crippen LogP contribution in [0.15, 0.2) is 30.3 Å². The van der Waals surface area contributed by atoms with Gasteiger partial charge in [-0.2, -0.15) is 0 Å². The molecule has 2 rings (SSSR count). The van der Waals surface area contributed by atoms with Crippen LogP contribution in [0.25, 0.3) is 0 Å². The van der Waals surface area contributed by atoms with Crippen LogP contribution in [0.5, 0.6) is 0 Å². The molecule has 1 N–H and O–H groups in total. The number of hydrogen-bond acceptors (Lipinski definition) is 4. The maximum absolute atomic E-state index is 10.1. The number of aliphatic hydroxyl groups excluding tert-OH is 1. The van der Waals surface area contributed by atoms with Crippen molar-refractivity contribution < 1.29 is 19.0 Å². The first-order chi connectivity index (χ1) is 10.2. The summed E-state index contributed by atoms with van der Waals surface area (Å²) in [6, 6.07) is 9.80. The zero-order chi connectivity index (χ0) is 16.4. The number of hydrogen-bond donors (Lipinski definition) is 1. The third-order valence-corrected chi connectivity index (χ3v) is 9.13. The van der Waals surface area contributed by atoms with E-state index in [1.54, 1.807) is 0 Å². The van der Waals surface area contributed by atoms with E-state index in [-0.39, 0.29) is 17.7 Å². The lowest BCUT2D eigenvalue weighted by Gasteiger charge is -2.39. The predicted octanol–water partition coefficient (Wildman–Crippen LogP) is 3.48. The lowest BCUT2D eigenvalue weighted by atomic mass is 10.1. The van der Waals surface area contributed by atoms with Gasteiger partial charge in [0.15, 0.2) is 14.6 Å². The summed E-state index contributed by atoms with van der Waals surface area (Å²) in [4.78, 5) is 0. The third-order valence-electron chi connectivity index (χ3n) is 4.63. The monoisotopic (exact) mass is 324 g/mol. The van der Waals surface area contributed by atoms with Gasteiger partial charge in [0.25, 0.3) is 0 Å². The molecular formula is C17H28O4Si. The van der Waals surface area contributed by atoms with Gasteiger partial charge in [-0.15, -0.1) is 0 Å². The Morgan fingerprint density at radius 3 is 2.45 bits per heavy atom. The second-order valence-corrected chi connectivity index (χ2v) is 12.2. The smallest absolute Gasteiger partial charge is 0.192 e. The van der Waals surface area contributed by atoms with E-state index >= 15 is 0 Å². The molecule has 1 aliphatic heterocycles. The summed E-state index contributed by atoms with van der Waals surface area (Å²) in [5, 5.41) is 10.3. The Bertz CT molecular complexity index is 469. The van der Waals surface area contributed by atoms with Crippen molar-refractivity contribution in [2.24, 2.45) is 0 Å². The fourth-order valence-corrected chi connectivity index (χ4v) is 3.04. The van der Waals surface area contributed by atoms with Gasteiger partial charge in [0.1, 0.15) is 12.2 Å². The highest BCUT2D eigenvalue weighted by atomic mass is 28.4. The molecule has 1 aromatic carbocycles. The Labute approximate surface area is 134 Å². The summed E-state index contributed by atoms with van der Waals surface area (Å²) < 4.78 is 17.7. The lowest BCUT2D eigenvalue weighted by Crippen LogP contribution is -2.48. The van der Waals surface area contributed by atoms with E-state index in [1.807, 2.05) is 30.3 Å². The lowest BCUT2D eigenvalue weighted by molar-refractivity contribution is -0.262. The molecule has 4 nitrogen and oxygen atoms in total. The minimum absolute atomic E-state index is 0.141. The summed E-state index contributed by atoms with van der Waals surface area (Å²) in [6.45, 7) is 11.7. The summed E-state index contributed by atoms with van der Waals surface area (Å²) in [7, 11) is -1.85. The molecule has 0 spiro atoms. The van der Waals surface area contributed by atoms with Gasteiger partial charge in [-0.25, -0.2) is 0 Å². The Balaban J connectivity index is 1.98. The molecule has 1 heterocycles. The van der Waals surface area contributed by atoms with Gasteiger partial charge in [-0.1, -0.05) is 51.1 Å². The maximum Gasteiger partial charge on any atom is 0.192 e. The molecule has 22 heavy (non-hydrogen) atoms. The highest BCUT2D eigenvalue weighted by Gasteiger charge is 2.39. The highest BCUT2D eigenvalue weighted by Crippen LogP contribution is 2.37. The van der Waals surface area contributed by atoms with Crippen LogP contribution in [-0.4, -0.2) is 38.8 Å². The number of aliphatic hydroxyl groups is 1. The first-order valence-electron chi connectivity index (χ1n) is 7.85. The van der Waals surface area contributed by atoms with Crippen LogP contribution in [0.4, 0.5) is 0 Å². The molecule has 0 bridgehead atoms. The van der Waals surface area contributed by atoms with Gasteiger partial charge in [0, 0.05) is 5.56 Å². The van der Waals surface area contributed by atoms with E-state index < -0.39 is 20.7 Å². The molecule has 1 saturated heterocycles.